The standard InChI is InChI=1S/C22H23N3O/c1-13-9-14(2)11-16(10-13)25-21(23)19(20(26)22(25,3)4)18-12-15-7-5-6-8-17(15)24-18/h5-11,23-24H,12H2,1-4H3. The highest BCUT2D eigenvalue weighted by Crippen LogP contribution is 2.39. The molecule has 0 bridgehead atoms. The number of hydrogen-bond donors (Lipinski definition) is 2. The summed E-state index contributed by atoms with van der Waals surface area (Å²) in [4.78, 5) is 15.1. The third-order valence-electron chi connectivity index (χ3n) is 5.24. The van der Waals surface area contributed by atoms with E-state index in [1.807, 2.05) is 62.9 Å². The molecule has 2 N–H and O–H groups in total. The minimum Gasteiger partial charge on any atom is -0.358 e. The molecule has 0 amide bonds. The number of fused-ring (bicyclic) bond motifs is 1. The van der Waals surface area contributed by atoms with Gasteiger partial charge in [0.2, 0.25) is 0 Å². The highest BCUT2D eigenvalue weighted by Gasteiger charge is 2.49. The molecule has 0 atom stereocenters. The van der Waals surface area contributed by atoms with Crippen molar-refractivity contribution in [3.05, 3.63) is 70.4 Å². The number of allylic oxidation sites excluding steroid dienone is 1. The van der Waals surface area contributed by atoms with Crippen molar-refractivity contribution in [3.63, 3.8) is 0 Å². The summed E-state index contributed by atoms with van der Waals surface area (Å²) in [6.45, 7) is 7.88. The van der Waals surface area contributed by atoms with Crippen LogP contribution in [-0.4, -0.2) is 17.2 Å². The van der Waals surface area contributed by atoms with Gasteiger partial charge in [-0.25, -0.2) is 0 Å². The lowest BCUT2D eigenvalue weighted by atomic mass is 9.95. The summed E-state index contributed by atoms with van der Waals surface area (Å²) in [7, 11) is 0. The second-order valence-electron chi connectivity index (χ2n) is 7.73. The van der Waals surface area contributed by atoms with Crippen LogP contribution in [0.4, 0.5) is 11.4 Å². The Morgan fingerprint density at radius 2 is 1.73 bits per heavy atom. The number of amidine groups is 1. The Morgan fingerprint density at radius 3 is 2.38 bits per heavy atom. The van der Waals surface area contributed by atoms with Crippen molar-refractivity contribution in [3.8, 4) is 0 Å². The van der Waals surface area contributed by atoms with Crippen LogP contribution in [-0.2, 0) is 11.2 Å². The van der Waals surface area contributed by atoms with Crippen molar-refractivity contribution >= 4 is 23.0 Å². The molecule has 0 aromatic heterocycles. The van der Waals surface area contributed by atoms with E-state index in [0.29, 0.717) is 12.0 Å². The van der Waals surface area contributed by atoms with Gasteiger partial charge in [0, 0.05) is 23.5 Å². The smallest absolute Gasteiger partial charge is 0.193 e. The number of nitrogens with one attached hydrogen (secondary N) is 2. The fourth-order valence-electron chi connectivity index (χ4n) is 4.06. The van der Waals surface area contributed by atoms with Gasteiger partial charge in [-0.05, 0) is 62.6 Å². The quantitative estimate of drug-likeness (QED) is 0.755. The van der Waals surface area contributed by atoms with E-state index < -0.39 is 5.54 Å². The first-order valence-electron chi connectivity index (χ1n) is 8.89. The van der Waals surface area contributed by atoms with E-state index in [1.165, 1.54) is 5.56 Å². The molecule has 0 spiro atoms. The lowest BCUT2D eigenvalue weighted by molar-refractivity contribution is -0.118. The number of hydrogen-bond acceptors (Lipinski definition) is 3. The highest BCUT2D eigenvalue weighted by atomic mass is 16.1. The van der Waals surface area contributed by atoms with Crippen molar-refractivity contribution in [2.24, 2.45) is 0 Å². The number of rotatable bonds is 1. The first-order chi connectivity index (χ1) is 12.3. The molecule has 0 unspecified atom stereocenters. The van der Waals surface area contributed by atoms with Gasteiger partial charge in [-0.1, -0.05) is 24.3 Å². The van der Waals surface area contributed by atoms with Crippen LogP contribution >= 0.6 is 0 Å². The number of anilines is 2. The van der Waals surface area contributed by atoms with Gasteiger partial charge in [-0.2, -0.15) is 0 Å². The summed E-state index contributed by atoms with van der Waals surface area (Å²) in [6, 6.07) is 14.2. The van der Waals surface area contributed by atoms with Crippen LogP contribution in [0.2, 0.25) is 0 Å². The molecule has 4 nitrogen and oxygen atoms in total. The number of ketones is 1. The minimum atomic E-state index is -0.782. The Balaban J connectivity index is 1.82. The van der Waals surface area contributed by atoms with E-state index in [1.54, 1.807) is 0 Å². The molecule has 0 aliphatic carbocycles. The summed E-state index contributed by atoms with van der Waals surface area (Å²) >= 11 is 0. The normalized spacial score (nSPS) is 21.2. The largest absolute Gasteiger partial charge is 0.358 e. The molecule has 2 aliphatic rings. The summed E-state index contributed by atoms with van der Waals surface area (Å²) in [5, 5.41) is 12.2. The molecule has 26 heavy (non-hydrogen) atoms. The molecule has 0 saturated carbocycles. The van der Waals surface area contributed by atoms with Crippen LogP contribution in [0.25, 0.3) is 0 Å². The Hall–Kier alpha value is -2.88. The van der Waals surface area contributed by atoms with Gasteiger partial charge in [-0.15, -0.1) is 0 Å². The summed E-state index contributed by atoms with van der Waals surface area (Å²) in [5.41, 5.74) is 5.91. The minimum absolute atomic E-state index is 0.00281. The van der Waals surface area contributed by atoms with Crippen molar-refractivity contribution in [1.82, 2.24) is 0 Å². The van der Waals surface area contributed by atoms with E-state index in [-0.39, 0.29) is 11.6 Å². The van der Waals surface area contributed by atoms with E-state index >= 15 is 0 Å². The van der Waals surface area contributed by atoms with Gasteiger partial charge in [0.05, 0.1) is 5.57 Å². The van der Waals surface area contributed by atoms with Gasteiger partial charge in [0.25, 0.3) is 0 Å². The Bertz CT molecular complexity index is 937. The number of carbonyl (C=O) groups is 1. The molecule has 2 heterocycles. The Kier molecular flexibility index (Phi) is 3.55. The highest BCUT2D eigenvalue weighted by molar-refractivity contribution is 6.36. The zero-order chi connectivity index (χ0) is 18.6. The average Bonchev–Trinajstić information content (AvgIpc) is 3.03. The Labute approximate surface area is 154 Å². The van der Waals surface area contributed by atoms with Crippen LogP contribution < -0.4 is 10.2 Å². The van der Waals surface area contributed by atoms with Crippen molar-refractivity contribution < 1.29 is 4.79 Å². The van der Waals surface area contributed by atoms with Crippen molar-refractivity contribution in [2.45, 2.75) is 39.7 Å². The van der Waals surface area contributed by atoms with E-state index in [0.717, 1.165) is 28.2 Å². The lowest BCUT2D eigenvalue weighted by Gasteiger charge is -2.31. The first kappa shape index (κ1) is 16.6. The van der Waals surface area contributed by atoms with E-state index in [2.05, 4.69) is 17.4 Å². The number of Topliss-reactive ketones (excluding diaryl/α,β-unsaturated/α-hetero) is 1. The molecule has 2 aliphatic heterocycles. The second kappa shape index (κ2) is 5.56. The second-order valence-corrected chi connectivity index (χ2v) is 7.73. The zero-order valence-corrected chi connectivity index (χ0v) is 15.6. The van der Waals surface area contributed by atoms with E-state index in [9.17, 15) is 4.79 Å². The molecule has 1 fully saturated rings. The van der Waals surface area contributed by atoms with Crippen LogP contribution in [0, 0.1) is 19.3 Å². The lowest BCUT2D eigenvalue weighted by Crippen LogP contribution is -2.44. The number of aryl methyl sites for hydroxylation is 2. The molecule has 1 saturated heterocycles. The van der Waals surface area contributed by atoms with Crippen LogP contribution in [0.3, 0.4) is 0 Å². The number of carbonyl (C=O) groups excluding carboxylic acids is 1. The zero-order valence-electron chi connectivity index (χ0n) is 15.6. The number of para-hydroxylation sites is 1. The molecule has 2 aromatic carbocycles. The first-order valence-corrected chi connectivity index (χ1v) is 8.89. The SMILES string of the molecule is Cc1cc(C)cc(N2C(=N)C(=C3Cc4ccccc4N3)C(=O)C2(C)C)c1. The van der Waals surface area contributed by atoms with Crippen LogP contribution in [0.15, 0.2) is 53.7 Å². The van der Waals surface area contributed by atoms with E-state index in [4.69, 9.17) is 5.41 Å². The van der Waals surface area contributed by atoms with Gasteiger partial charge in [0.1, 0.15) is 11.4 Å². The fraction of sp³-hybridized carbons (Fsp3) is 0.273. The summed E-state index contributed by atoms with van der Waals surface area (Å²) in [5.74, 6) is 0.275. The van der Waals surface area contributed by atoms with Crippen LogP contribution in [0.1, 0.15) is 30.5 Å². The molecule has 0 radical (unpaired) electrons. The number of benzene rings is 2. The van der Waals surface area contributed by atoms with Gasteiger partial charge in [0.15, 0.2) is 5.78 Å². The molecular weight excluding hydrogens is 322 g/mol. The molecule has 4 heteroatoms. The third kappa shape index (κ3) is 2.37. The topological polar surface area (TPSA) is 56.2 Å². The van der Waals surface area contributed by atoms with Crippen molar-refractivity contribution in [2.75, 3.05) is 10.2 Å². The third-order valence-corrected chi connectivity index (χ3v) is 5.24. The average molecular weight is 345 g/mol. The fourth-order valence-corrected chi connectivity index (χ4v) is 4.06. The molecular formula is C22H23N3O. The predicted molar refractivity (Wildman–Crippen MR) is 106 cm³/mol. The maximum absolute atomic E-state index is 13.2. The van der Waals surface area contributed by atoms with Gasteiger partial charge >= 0.3 is 0 Å². The monoisotopic (exact) mass is 345 g/mol. The van der Waals surface area contributed by atoms with Gasteiger partial charge in [-0.3, -0.25) is 10.2 Å². The number of nitrogens with zero attached hydrogens (tertiary/aromatic N) is 1. The molecule has 4 rings (SSSR count). The summed E-state index contributed by atoms with van der Waals surface area (Å²) < 4.78 is 0. The Morgan fingerprint density at radius 1 is 1.08 bits per heavy atom. The molecule has 2 aromatic rings. The summed E-state index contributed by atoms with van der Waals surface area (Å²) in [6.07, 6.45) is 0.663. The predicted octanol–water partition coefficient (Wildman–Crippen LogP) is 4.37. The molecule has 132 valence electrons. The maximum Gasteiger partial charge on any atom is 0.193 e. The van der Waals surface area contributed by atoms with Crippen LogP contribution in [0.5, 0.6) is 0 Å². The van der Waals surface area contributed by atoms with Gasteiger partial charge < -0.3 is 10.2 Å². The van der Waals surface area contributed by atoms with Crippen molar-refractivity contribution in [1.29, 1.82) is 5.41 Å². The maximum atomic E-state index is 13.2.